The third-order valence-electron chi connectivity index (χ3n) is 9.16. The third kappa shape index (κ3) is 14.8. The molecule has 1 atom stereocenters. The normalized spacial score (nSPS) is 12.0. The minimum absolute atomic E-state index is 0.0850. The van der Waals surface area contributed by atoms with Crippen molar-refractivity contribution in [1.82, 2.24) is 4.57 Å². The Kier molecular flexibility index (Phi) is 18.3. The lowest BCUT2D eigenvalue weighted by molar-refractivity contribution is -0.120. The molecule has 0 saturated heterocycles. The van der Waals surface area contributed by atoms with Gasteiger partial charge in [0.2, 0.25) is 5.91 Å². The molecule has 0 spiro atoms. The molecule has 2 N–H and O–H groups in total. The van der Waals surface area contributed by atoms with Crippen LogP contribution in [0.2, 0.25) is 5.02 Å². The van der Waals surface area contributed by atoms with Crippen LogP contribution < -0.4 is 15.6 Å². The van der Waals surface area contributed by atoms with Crippen LogP contribution in [0.15, 0.2) is 59.5 Å². The van der Waals surface area contributed by atoms with E-state index in [9.17, 15) is 24.3 Å². The van der Waals surface area contributed by atoms with Gasteiger partial charge in [-0.1, -0.05) is 96.1 Å². The average Bonchev–Trinajstić information content (AvgIpc) is 3.12. The number of aromatic carboxylic acids is 1. The molecule has 0 aliphatic rings. The van der Waals surface area contributed by atoms with Crippen molar-refractivity contribution in [3.05, 3.63) is 81.2 Å². The lowest BCUT2D eigenvalue weighted by atomic mass is 9.96. The van der Waals surface area contributed by atoms with Gasteiger partial charge in [-0.3, -0.25) is 19.0 Å². The summed E-state index contributed by atoms with van der Waals surface area (Å²) in [5.41, 5.74) is 0.887. The maximum absolute atomic E-state index is 14.0. The van der Waals surface area contributed by atoms with Crippen LogP contribution in [-0.2, 0) is 9.53 Å². The molecule has 0 aliphatic carbocycles. The second-order valence-corrected chi connectivity index (χ2v) is 15.1. The molecule has 0 fully saturated rings. The summed E-state index contributed by atoms with van der Waals surface area (Å²) < 4.78 is 13.7. The molecule has 0 aliphatic heterocycles. The SMILES string of the molecule is CCCCCCCCCCCCCCOc1cn([C@@H](CCOC(C)(C)C)C(=O)Nc2ccc(C(=O)O)cc2)c(=O)cc1-c1cc(Cl)ccc1C(=O)CC. The van der Waals surface area contributed by atoms with Gasteiger partial charge in [-0.15, -0.1) is 0 Å². The van der Waals surface area contributed by atoms with Crippen molar-refractivity contribution < 1.29 is 29.0 Å². The number of amides is 1. The lowest BCUT2D eigenvalue weighted by Crippen LogP contribution is -2.34. The van der Waals surface area contributed by atoms with Crippen LogP contribution in [0, 0.1) is 0 Å². The second kappa shape index (κ2) is 22.3. The number of anilines is 1. The molecular formula is C43H59ClN2O7. The van der Waals surface area contributed by atoms with Crippen molar-refractivity contribution in [2.75, 3.05) is 18.5 Å². The van der Waals surface area contributed by atoms with Gasteiger partial charge in [-0.05, 0) is 75.2 Å². The Hall–Kier alpha value is -3.95. The molecular weight excluding hydrogens is 692 g/mol. The molecule has 0 radical (unpaired) electrons. The number of hydrogen-bond donors (Lipinski definition) is 2. The van der Waals surface area contributed by atoms with Gasteiger partial charge in [0.05, 0.1) is 24.0 Å². The van der Waals surface area contributed by atoms with Crippen LogP contribution in [0.3, 0.4) is 0 Å². The van der Waals surface area contributed by atoms with Crippen molar-refractivity contribution in [1.29, 1.82) is 0 Å². The van der Waals surface area contributed by atoms with E-state index in [-0.39, 0.29) is 30.8 Å². The summed E-state index contributed by atoms with van der Waals surface area (Å²) in [5, 5.41) is 12.5. The van der Waals surface area contributed by atoms with Gasteiger partial charge in [0.15, 0.2) is 5.78 Å². The van der Waals surface area contributed by atoms with Crippen LogP contribution in [0.1, 0.15) is 151 Å². The number of carboxylic acids is 1. The summed E-state index contributed by atoms with van der Waals surface area (Å²) in [5.74, 6) is -1.29. The second-order valence-electron chi connectivity index (χ2n) is 14.6. The van der Waals surface area contributed by atoms with Crippen LogP contribution in [-0.4, -0.2) is 46.1 Å². The predicted molar refractivity (Wildman–Crippen MR) is 214 cm³/mol. The van der Waals surface area contributed by atoms with Crippen molar-refractivity contribution in [3.63, 3.8) is 0 Å². The van der Waals surface area contributed by atoms with Crippen molar-refractivity contribution in [3.8, 4) is 16.9 Å². The molecule has 2 aromatic carbocycles. The van der Waals surface area contributed by atoms with Crippen LogP contribution in [0.4, 0.5) is 5.69 Å². The highest BCUT2D eigenvalue weighted by atomic mass is 35.5. The lowest BCUT2D eigenvalue weighted by Gasteiger charge is -2.25. The zero-order valence-corrected chi connectivity index (χ0v) is 33.1. The summed E-state index contributed by atoms with van der Waals surface area (Å²) in [6.07, 6.45) is 16.5. The van der Waals surface area contributed by atoms with Crippen LogP contribution in [0.25, 0.3) is 11.1 Å². The third-order valence-corrected chi connectivity index (χ3v) is 9.39. The highest BCUT2D eigenvalue weighted by Gasteiger charge is 2.26. The number of nitrogens with one attached hydrogen (secondary N) is 1. The zero-order valence-electron chi connectivity index (χ0n) is 32.3. The number of nitrogens with zero attached hydrogens (tertiary/aromatic N) is 1. The smallest absolute Gasteiger partial charge is 0.335 e. The monoisotopic (exact) mass is 750 g/mol. The number of benzene rings is 2. The zero-order chi connectivity index (χ0) is 38.8. The predicted octanol–water partition coefficient (Wildman–Crippen LogP) is 10.9. The molecule has 53 heavy (non-hydrogen) atoms. The first-order valence-electron chi connectivity index (χ1n) is 19.3. The number of rotatable bonds is 24. The number of carboxylic acid groups (broad SMARTS) is 1. The van der Waals surface area contributed by atoms with E-state index in [0.717, 1.165) is 19.3 Å². The maximum Gasteiger partial charge on any atom is 0.335 e. The van der Waals surface area contributed by atoms with E-state index >= 15 is 0 Å². The minimum Gasteiger partial charge on any atom is -0.491 e. The first-order chi connectivity index (χ1) is 25.3. The highest BCUT2D eigenvalue weighted by molar-refractivity contribution is 6.31. The minimum atomic E-state index is -1.08. The Morgan fingerprint density at radius 1 is 0.811 bits per heavy atom. The molecule has 3 aromatic rings. The fourth-order valence-electron chi connectivity index (χ4n) is 6.19. The van der Waals surface area contributed by atoms with Gasteiger partial charge in [-0.2, -0.15) is 0 Å². The molecule has 0 saturated carbocycles. The molecule has 10 heteroatoms. The summed E-state index contributed by atoms with van der Waals surface area (Å²) >= 11 is 6.43. The van der Waals surface area contributed by atoms with E-state index in [1.807, 2.05) is 20.8 Å². The van der Waals surface area contributed by atoms with Gasteiger partial charge in [0, 0.05) is 47.4 Å². The Bertz CT molecular complexity index is 1680. The molecule has 9 nitrogen and oxygen atoms in total. The van der Waals surface area contributed by atoms with Crippen LogP contribution in [0.5, 0.6) is 5.75 Å². The number of carbonyl (C=O) groups excluding carboxylic acids is 2. The molecule has 1 heterocycles. The van der Waals surface area contributed by atoms with Gasteiger partial charge in [-0.25, -0.2) is 4.79 Å². The summed E-state index contributed by atoms with van der Waals surface area (Å²) in [6.45, 7) is 10.3. The molecule has 1 amide bonds. The number of ketones is 1. The van der Waals surface area contributed by atoms with Gasteiger partial charge < -0.3 is 19.9 Å². The Labute approximate surface area is 320 Å². The van der Waals surface area contributed by atoms with Gasteiger partial charge in [0.25, 0.3) is 5.56 Å². The van der Waals surface area contributed by atoms with E-state index in [2.05, 4.69) is 12.2 Å². The Morgan fingerprint density at radius 2 is 1.42 bits per heavy atom. The topological polar surface area (TPSA) is 124 Å². The molecule has 1 aromatic heterocycles. The first-order valence-corrected chi connectivity index (χ1v) is 19.7. The molecule has 0 bridgehead atoms. The number of pyridine rings is 1. The molecule has 3 rings (SSSR count). The number of Topliss-reactive ketones (excluding diaryl/α,β-unsaturated/α-hetero) is 1. The largest absolute Gasteiger partial charge is 0.491 e. The van der Waals surface area contributed by atoms with E-state index in [1.165, 1.54) is 92.7 Å². The summed E-state index contributed by atoms with van der Waals surface area (Å²) in [7, 11) is 0. The maximum atomic E-state index is 14.0. The molecule has 290 valence electrons. The fourth-order valence-corrected chi connectivity index (χ4v) is 6.36. The number of aromatic nitrogens is 1. The number of carbonyl (C=O) groups is 3. The molecule has 0 unspecified atom stereocenters. The summed E-state index contributed by atoms with van der Waals surface area (Å²) in [6, 6.07) is 11.2. The highest BCUT2D eigenvalue weighted by Crippen LogP contribution is 2.35. The quantitative estimate of drug-likeness (QED) is 0.0690. The standard InChI is InChI=1S/C43H59ClN2O7/c1-6-8-9-10-11-12-13-14-15-16-17-18-26-52-39-30-46(40(48)29-36(39)35-28-32(44)21-24-34(35)38(47)7-2)37(25-27-53-43(3,4)5)41(49)45-33-22-19-31(20-23-33)42(50)51/h19-24,28-30,37H,6-18,25-27H2,1-5H3,(H,45,49)(H,50,51)/t37-/m0/s1. The number of halogens is 1. The van der Waals surface area contributed by atoms with Crippen LogP contribution >= 0.6 is 11.6 Å². The number of ether oxygens (including phenoxy) is 2. The van der Waals surface area contributed by atoms with E-state index in [0.29, 0.717) is 39.8 Å². The Morgan fingerprint density at radius 3 is 1.98 bits per heavy atom. The van der Waals surface area contributed by atoms with Gasteiger partial charge >= 0.3 is 5.97 Å². The van der Waals surface area contributed by atoms with E-state index in [1.54, 1.807) is 31.3 Å². The van der Waals surface area contributed by atoms with E-state index < -0.39 is 29.1 Å². The Balaban J connectivity index is 1.88. The number of hydrogen-bond acceptors (Lipinski definition) is 6. The average molecular weight is 751 g/mol. The van der Waals surface area contributed by atoms with Crippen molar-refractivity contribution in [2.45, 2.75) is 136 Å². The van der Waals surface area contributed by atoms with Crippen molar-refractivity contribution >= 4 is 34.9 Å². The summed E-state index contributed by atoms with van der Waals surface area (Å²) in [4.78, 5) is 52.2. The van der Waals surface area contributed by atoms with Crippen molar-refractivity contribution in [2.24, 2.45) is 0 Å². The van der Waals surface area contributed by atoms with E-state index in [4.69, 9.17) is 21.1 Å². The van der Waals surface area contributed by atoms with Gasteiger partial charge in [0.1, 0.15) is 11.8 Å². The first kappa shape index (κ1) is 43.5. The fraction of sp³-hybridized carbons (Fsp3) is 0.535. The number of unbranched alkanes of at least 4 members (excludes halogenated alkanes) is 11.